The number of nitrogens with one attached hydrogen (secondary N) is 1. The quantitative estimate of drug-likeness (QED) is 0.691. The van der Waals surface area contributed by atoms with Gasteiger partial charge in [-0.1, -0.05) is 0 Å². The van der Waals surface area contributed by atoms with Crippen LogP contribution in [0.2, 0.25) is 0 Å². The maximum Gasteiger partial charge on any atom is 0.341 e. The molecule has 0 spiro atoms. The predicted octanol–water partition coefficient (Wildman–Crippen LogP) is 0.732. The molecule has 0 saturated carbocycles. The van der Waals surface area contributed by atoms with Crippen molar-refractivity contribution >= 4 is 16.9 Å². The highest BCUT2D eigenvalue weighted by molar-refractivity contribution is 5.85. The second-order valence-electron chi connectivity index (χ2n) is 2.94. The summed E-state index contributed by atoms with van der Waals surface area (Å²) in [6, 6.07) is 4.59. The Labute approximate surface area is 84.1 Å². The van der Waals surface area contributed by atoms with E-state index in [9.17, 15) is 9.90 Å². The van der Waals surface area contributed by atoms with Gasteiger partial charge < -0.3 is 14.9 Å². The highest BCUT2D eigenvalue weighted by atomic mass is 16.5. The second kappa shape index (κ2) is 3.49. The first-order valence-electron chi connectivity index (χ1n) is 4.18. The molecule has 0 aliphatic carbocycles. The highest BCUT2D eigenvalue weighted by Gasteiger charge is 2.08. The van der Waals surface area contributed by atoms with Crippen molar-refractivity contribution in [3.05, 3.63) is 18.2 Å². The zero-order valence-electron chi connectivity index (χ0n) is 7.60. The number of nitrogens with zero attached hydrogens (tertiary/aromatic N) is 1. The van der Waals surface area contributed by atoms with Crippen molar-refractivity contribution in [1.29, 1.82) is 0 Å². The summed E-state index contributed by atoms with van der Waals surface area (Å²) in [7, 11) is 0. The number of phenols is 1. The molecule has 15 heavy (non-hydrogen) atoms. The number of aromatic amines is 1. The lowest BCUT2D eigenvalue weighted by molar-refractivity contribution is -0.139. The molecule has 0 radical (unpaired) electrons. The Morgan fingerprint density at radius 1 is 1.53 bits per heavy atom. The van der Waals surface area contributed by atoms with Crippen LogP contribution in [0.4, 0.5) is 0 Å². The zero-order valence-corrected chi connectivity index (χ0v) is 7.60. The van der Waals surface area contributed by atoms with E-state index in [1.807, 2.05) is 0 Å². The van der Waals surface area contributed by atoms with Crippen LogP contribution in [0.1, 0.15) is 0 Å². The van der Waals surface area contributed by atoms with E-state index in [-0.39, 0.29) is 11.6 Å². The predicted molar refractivity (Wildman–Crippen MR) is 50.9 cm³/mol. The first-order valence-corrected chi connectivity index (χ1v) is 4.18. The summed E-state index contributed by atoms with van der Waals surface area (Å²) >= 11 is 0. The normalized spacial score (nSPS) is 10.4. The van der Waals surface area contributed by atoms with Crippen LogP contribution in [-0.4, -0.2) is 33.0 Å². The number of aromatic hydroxyl groups is 1. The summed E-state index contributed by atoms with van der Waals surface area (Å²) in [5.74, 6) is -0.835. The van der Waals surface area contributed by atoms with Crippen LogP contribution < -0.4 is 4.74 Å². The fraction of sp³-hybridized carbons (Fsp3) is 0.111. The van der Waals surface area contributed by atoms with E-state index in [0.29, 0.717) is 10.9 Å². The number of rotatable bonds is 3. The van der Waals surface area contributed by atoms with Crippen molar-refractivity contribution in [2.24, 2.45) is 0 Å². The Kier molecular flexibility index (Phi) is 2.17. The molecule has 6 nitrogen and oxygen atoms in total. The maximum absolute atomic E-state index is 10.3. The first kappa shape index (κ1) is 9.32. The molecule has 0 atom stereocenters. The molecule has 78 valence electrons. The highest BCUT2D eigenvalue weighted by Crippen LogP contribution is 2.25. The Morgan fingerprint density at radius 3 is 3.07 bits per heavy atom. The third-order valence-electron chi connectivity index (χ3n) is 1.84. The third-order valence-corrected chi connectivity index (χ3v) is 1.84. The number of aliphatic carboxylic acids is 1. The molecule has 2 rings (SSSR count). The van der Waals surface area contributed by atoms with Crippen molar-refractivity contribution in [2.45, 2.75) is 0 Å². The molecule has 0 aliphatic heterocycles. The van der Waals surface area contributed by atoms with Crippen LogP contribution in [0, 0.1) is 0 Å². The smallest absolute Gasteiger partial charge is 0.341 e. The fourth-order valence-corrected chi connectivity index (χ4v) is 1.22. The second-order valence-corrected chi connectivity index (χ2v) is 2.94. The van der Waals surface area contributed by atoms with Gasteiger partial charge in [0.15, 0.2) is 6.61 Å². The molecule has 1 aromatic carbocycles. The van der Waals surface area contributed by atoms with Crippen molar-refractivity contribution < 1.29 is 19.7 Å². The summed E-state index contributed by atoms with van der Waals surface area (Å²) in [6.45, 7) is -0.463. The number of ether oxygens (including phenoxy) is 1. The topological polar surface area (TPSA) is 95.4 Å². The summed E-state index contributed by atoms with van der Waals surface area (Å²) < 4.78 is 4.92. The fourth-order valence-electron chi connectivity index (χ4n) is 1.22. The van der Waals surface area contributed by atoms with Gasteiger partial charge in [0.1, 0.15) is 5.75 Å². The number of carbonyl (C=O) groups is 1. The van der Waals surface area contributed by atoms with Gasteiger partial charge in [0.2, 0.25) is 5.88 Å². The Bertz CT molecular complexity index is 506. The Morgan fingerprint density at radius 2 is 2.33 bits per heavy atom. The summed E-state index contributed by atoms with van der Waals surface area (Å²) in [5.41, 5.74) is 0.674. The SMILES string of the molecule is O=C(O)COc1n[nH]c2ccc(O)cc12. The van der Waals surface area contributed by atoms with Crippen molar-refractivity contribution in [2.75, 3.05) is 6.61 Å². The van der Waals surface area contributed by atoms with Crippen molar-refractivity contribution in [3.63, 3.8) is 0 Å². The Hall–Kier alpha value is -2.24. The molecule has 3 N–H and O–H groups in total. The molecule has 0 saturated heterocycles. The molecular formula is C9H8N2O4. The third kappa shape index (κ3) is 1.83. The summed E-state index contributed by atoms with van der Waals surface area (Å²) in [6.07, 6.45) is 0. The van der Waals surface area contributed by atoms with Crippen molar-refractivity contribution in [3.8, 4) is 11.6 Å². The van der Waals surface area contributed by atoms with Crippen LogP contribution in [-0.2, 0) is 4.79 Å². The van der Waals surface area contributed by atoms with Crippen molar-refractivity contribution in [1.82, 2.24) is 10.2 Å². The van der Waals surface area contributed by atoms with Gasteiger partial charge in [-0.15, -0.1) is 5.10 Å². The lowest BCUT2D eigenvalue weighted by atomic mass is 10.2. The summed E-state index contributed by atoms with van der Waals surface area (Å²) in [5, 5.41) is 24.7. The van der Waals surface area contributed by atoms with Gasteiger partial charge in [-0.2, -0.15) is 0 Å². The number of fused-ring (bicyclic) bond motifs is 1. The minimum Gasteiger partial charge on any atom is -0.508 e. The minimum atomic E-state index is -1.08. The van der Waals surface area contributed by atoms with E-state index in [2.05, 4.69) is 10.2 Å². The number of carboxylic acids is 1. The molecule has 6 heteroatoms. The first-order chi connectivity index (χ1) is 7.16. The van der Waals surface area contributed by atoms with Gasteiger partial charge in [0.05, 0.1) is 10.9 Å². The van der Waals surface area contributed by atoms with Crippen LogP contribution >= 0.6 is 0 Å². The van der Waals surface area contributed by atoms with Crippen LogP contribution in [0.25, 0.3) is 10.9 Å². The molecule has 0 amide bonds. The maximum atomic E-state index is 10.3. The van der Waals surface area contributed by atoms with Crippen LogP contribution in [0.5, 0.6) is 11.6 Å². The standard InChI is InChI=1S/C9H8N2O4/c12-5-1-2-7-6(3-5)9(11-10-7)15-4-8(13)14/h1-3,12H,4H2,(H,10,11)(H,13,14). The van der Waals surface area contributed by atoms with E-state index < -0.39 is 12.6 Å². The molecule has 0 unspecified atom stereocenters. The minimum absolute atomic E-state index is 0.0732. The zero-order chi connectivity index (χ0) is 10.8. The number of hydrogen-bond donors (Lipinski definition) is 3. The molecule has 1 aromatic heterocycles. The molecular weight excluding hydrogens is 200 g/mol. The van der Waals surface area contributed by atoms with Crippen LogP contribution in [0.3, 0.4) is 0 Å². The lowest BCUT2D eigenvalue weighted by Gasteiger charge is -1.98. The van der Waals surface area contributed by atoms with Gasteiger partial charge in [-0.3, -0.25) is 5.10 Å². The summed E-state index contributed by atoms with van der Waals surface area (Å²) in [4.78, 5) is 10.3. The van der Waals surface area contributed by atoms with E-state index in [0.717, 1.165) is 0 Å². The van der Waals surface area contributed by atoms with E-state index in [1.165, 1.54) is 12.1 Å². The molecule has 0 fully saturated rings. The van der Waals surface area contributed by atoms with Gasteiger partial charge in [0, 0.05) is 0 Å². The van der Waals surface area contributed by atoms with E-state index >= 15 is 0 Å². The van der Waals surface area contributed by atoms with E-state index in [4.69, 9.17) is 9.84 Å². The number of phenolic OH excluding ortho intramolecular Hbond substituents is 1. The van der Waals surface area contributed by atoms with Crippen LogP contribution in [0.15, 0.2) is 18.2 Å². The van der Waals surface area contributed by atoms with Gasteiger partial charge in [-0.25, -0.2) is 4.79 Å². The number of H-pyrrole nitrogens is 1. The molecule has 0 bridgehead atoms. The lowest BCUT2D eigenvalue weighted by Crippen LogP contribution is -2.09. The number of aromatic nitrogens is 2. The van der Waals surface area contributed by atoms with Gasteiger partial charge in [0.25, 0.3) is 0 Å². The molecule has 0 aliphatic rings. The molecule has 1 heterocycles. The number of hydrogen-bond acceptors (Lipinski definition) is 4. The average molecular weight is 208 g/mol. The van der Waals surface area contributed by atoms with E-state index in [1.54, 1.807) is 6.07 Å². The van der Waals surface area contributed by atoms with Gasteiger partial charge in [-0.05, 0) is 18.2 Å². The largest absolute Gasteiger partial charge is 0.508 e. The number of benzene rings is 1. The molecule has 2 aromatic rings. The van der Waals surface area contributed by atoms with Gasteiger partial charge >= 0.3 is 5.97 Å². The monoisotopic (exact) mass is 208 g/mol. The average Bonchev–Trinajstić information content (AvgIpc) is 2.57. The number of carboxylic acid groups (broad SMARTS) is 1. The Balaban J connectivity index is 2.35.